The van der Waals surface area contributed by atoms with E-state index in [0.29, 0.717) is 33.9 Å². The summed E-state index contributed by atoms with van der Waals surface area (Å²) in [5.41, 5.74) is 0.852. The van der Waals surface area contributed by atoms with Crippen LogP contribution in [0.4, 0.5) is 5.82 Å². The topological polar surface area (TPSA) is 83.6 Å². The first-order chi connectivity index (χ1) is 13.6. The highest BCUT2D eigenvalue weighted by molar-refractivity contribution is 5.87. The van der Waals surface area contributed by atoms with Crippen molar-refractivity contribution in [3.05, 3.63) is 40.7 Å². The number of fused-ring (bicyclic) bond motifs is 1. The maximum atomic E-state index is 12.7. The van der Waals surface area contributed by atoms with Crippen LogP contribution in [0, 0.1) is 0 Å². The maximum Gasteiger partial charge on any atom is 0.262 e. The van der Waals surface area contributed by atoms with E-state index in [-0.39, 0.29) is 18.0 Å². The van der Waals surface area contributed by atoms with Crippen molar-refractivity contribution in [2.75, 3.05) is 52.3 Å². The van der Waals surface area contributed by atoms with Crippen LogP contribution in [0.3, 0.4) is 0 Å². The van der Waals surface area contributed by atoms with Gasteiger partial charge in [-0.25, -0.2) is 9.97 Å². The van der Waals surface area contributed by atoms with E-state index in [9.17, 15) is 4.79 Å². The molecule has 0 spiro atoms. The molecular formula is C20H24ClN5O3. The summed E-state index contributed by atoms with van der Waals surface area (Å²) >= 11 is 0. The summed E-state index contributed by atoms with van der Waals surface area (Å²) in [6.45, 7) is 3.83. The number of piperazine rings is 1. The van der Waals surface area contributed by atoms with Gasteiger partial charge in [-0.05, 0) is 19.2 Å². The van der Waals surface area contributed by atoms with E-state index in [4.69, 9.17) is 14.5 Å². The third-order valence-electron chi connectivity index (χ3n) is 5.01. The number of halogens is 1. The molecule has 1 saturated heterocycles. The fourth-order valence-corrected chi connectivity index (χ4v) is 3.38. The van der Waals surface area contributed by atoms with E-state index in [1.54, 1.807) is 19.2 Å². The molecule has 1 N–H and O–H groups in total. The van der Waals surface area contributed by atoms with Crippen molar-refractivity contribution >= 4 is 29.1 Å². The van der Waals surface area contributed by atoms with Crippen LogP contribution in [-0.4, -0.2) is 67.3 Å². The standard InChI is InChI=1S/C20H23N5O3.ClH/c1-24-7-9-25(10-8-24)17-6-4-5-14(21-17)19-22-15-11-13(27-2)12-16(28-3)18(15)20(26)23-19;/h4-6,11-12H,7-10H2,1-3H3,(H,22,23,26);1H. The summed E-state index contributed by atoms with van der Waals surface area (Å²) in [4.78, 5) is 29.4. The van der Waals surface area contributed by atoms with E-state index >= 15 is 0 Å². The van der Waals surface area contributed by atoms with E-state index in [2.05, 4.69) is 26.8 Å². The van der Waals surface area contributed by atoms with Crippen LogP contribution in [0.15, 0.2) is 35.1 Å². The number of aromatic nitrogens is 3. The fraction of sp³-hybridized carbons (Fsp3) is 0.350. The molecule has 1 aliphatic rings. The normalized spacial score (nSPS) is 14.5. The average Bonchev–Trinajstić information content (AvgIpc) is 2.73. The molecule has 1 aromatic carbocycles. The number of pyridine rings is 1. The molecule has 0 aliphatic carbocycles. The second kappa shape index (κ2) is 8.67. The molecule has 3 aromatic rings. The molecule has 0 radical (unpaired) electrons. The molecule has 3 heterocycles. The number of anilines is 1. The zero-order valence-corrected chi connectivity index (χ0v) is 17.5. The fourth-order valence-electron chi connectivity index (χ4n) is 3.38. The number of aromatic amines is 1. The number of hydrogen-bond acceptors (Lipinski definition) is 7. The molecule has 8 nitrogen and oxygen atoms in total. The van der Waals surface area contributed by atoms with Crippen molar-refractivity contribution in [3.63, 3.8) is 0 Å². The van der Waals surface area contributed by atoms with Crippen LogP contribution in [0.5, 0.6) is 11.5 Å². The first-order valence-electron chi connectivity index (χ1n) is 9.16. The summed E-state index contributed by atoms with van der Waals surface area (Å²) in [7, 11) is 5.20. The van der Waals surface area contributed by atoms with Gasteiger partial charge in [0.2, 0.25) is 0 Å². The largest absolute Gasteiger partial charge is 0.497 e. The molecule has 9 heteroatoms. The summed E-state index contributed by atoms with van der Waals surface area (Å²) in [6.07, 6.45) is 0. The van der Waals surface area contributed by atoms with E-state index in [0.717, 1.165) is 32.0 Å². The Morgan fingerprint density at radius 1 is 1.03 bits per heavy atom. The quantitative estimate of drug-likeness (QED) is 0.696. The van der Waals surface area contributed by atoms with Gasteiger partial charge in [0.25, 0.3) is 5.56 Å². The number of nitrogens with one attached hydrogen (secondary N) is 1. The third-order valence-corrected chi connectivity index (χ3v) is 5.01. The lowest BCUT2D eigenvalue weighted by atomic mass is 10.2. The lowest BCUT2D eigenvalue weighted by Crippen LogP contribution is -2.44. The van der Waals surface area contributed by atoms with Crippen LogP contribution < -0.4 is 19.9 Å². The zero-order chi connectivity index (χ0) is 19.7. The summed E-state index contributed by atoms with van der Waals surface area (Å²) in [5, 5.41) is 0.391. The summed E-state index contributed by atoms with van der Waals surface area (Å²) in [6, 6.07) is 9.17. The number of hydrogen-bond donors (Lipinski definition) is 1. The molecule has 2 aromatic heterocycles. The van der Waals surface area contributed by atoms with Crippen LogP contribution in [0.25, 0.3) is 22.4 Å². The number of rotatable bonds is 4. The van der Waals surface area contributed by atoms with Gasteiger partial charge in [-0.15, -0.1) is 12.4 Å². The molecule has 0 atom stereocenters. The van der Waals surface area contributed by atoms with Crippen molar-refractivity contribution in [3.8, 4) is 23.0 Å². The molecule has 29 heavy (non-hydrogen) atoms. The average molecular weight is 418 g/mol. The van der Waals surface area contributed by atoms with Crippen LogP contribution >= 0.6 is 12.4 Å². The van der Waals surface area contributed by atoms with Gasteiger partial charge in [-0.2, -0.15) is 0 Å². The summed E-state index contributed by atoms with van der Waals surface area (Å²) in [5.74, 6) is 2.31. The van der Waals surface area contributed by atoms with Crippen molar-refractivity contribution in [2.45, 2.75) is 0 Å². The molecular weight excluding hydrogens is 394 g/mol. The van der Waals surface area contributed by atoms with Crippen molar-refractivity contribution in [2.24, 2.45) is 0 Å². The van der Waals surface area contributed by atoms with Gasteiger partial charge in [0, 0.05) is 38.3 Å². The number of methoxy groups -OCH3 is 2. The minimum atomic E-state index is -0.272. The lowest BCUT2D eigenvalue weighted by Gasteiger charge is -2.33. The first-order valence-corrected chi connectivity index (χ1v) is 9.16. The Balaban J connectivity index is 0.00000240. The molecule has 0 amide bonds. The maximum absolute atomic E-state index is 12.7. The molecule has 4 rings (SSSR count). The van der Waals surface area contributed by atoms with Gasteiger partial charge in [0.15, 0.2) is 5.82 Å². The number of nitrogens with zero attached hydrogens (tertiary/aromatic N) is 4. The van der Waals surface area contributed by atoms with Gasteiger partial charge in [-0.1, -0.05) is 6.07 Å². The molecule has 0 saturated carbocycles. The van der Waals surface area contributed by atoms with Gasteiger partial charge in [0.05, 0.1) is 19.7 Å². The Bertz CT molecular complexity index is 1060. The molecule has 154 valence electrons. The minimum absolute atomic E-state index is 0. The molecule has 1 fully saturated rings. The van der Waals surface area contributed by atoms with Crippen LogP contribution in [-0.2, 0) is 0 Å². The van der Waals surface area contributed by atoms with Crippen LogP contribution in [0.2, 0.25) is 0 Å². The van der Waals surface area contributed by atoms with E-state index < -0.39 is 0 Å². The first kappa shape index (κ1) is 20.9. The zero-order valence-electron chi connectivity index (χ0n) is 16.6. The highest BCUT2D eigenvalue weighted by atomic mass is 35.5. The molecule has 0 unspecified atom stereocenters. The second-order valence-electron chi connectivity index (χ2n) is 6.81. The number of H-pyrrole nitrogens is 1. The number of ether oxygens (including phenoxy) is 2. The van der Waals surface area contributed by atoms with Crippen molar-refractivity contribution in [1.29, 1.82) is 0 Å². The Morgan fingerprint density at radius 3 is 2.48 bits per heavy atom. The van der Waals surface area contributed by atoms with E-state index in [1.165, 1.54) is 7.11 Å². The second-order valence-corrected chi connectivity index (χ2v) is 6.81. The molecule has 1 aliphatic heterocycles. The Labute approximate surface area is 174 Å². The predicted molar refractivity (Wildman–Crippen MR) is 116 cm³/mol. The minimum Gasteiger partial charge on any atom is -0.497 e. The Hall–Kier alpha value is -2.84. The lowest BCUT2D eigenvalue weighted by molar-refractivity contribution is 0.312. The smallest absolute Gasteiger partial charge is 0.262 e. The van der Waals surface area contributed by atoms with Gasteiger partial charge < -0.3 is 24.3 Å². The van der Waals surface area contributed by atoms with Crippen LogP contribution in [0.1, 0.15) is 0 Å². The number of likely N-dealkylation sites (N-methyl/N-ethyl adjacent to an activating group) is 1. The van der Waals surface area contributed by atoms with Crippen molar-refractivity contribution < 1.29 is 9.47 Å². The number of benzene rings is 1. The Kier molecular flexibility index (Phi) is 6.24. The monoisotopic (exact) mass is 417 g/mol. The van der Waals surface area contributed by atoms with E-state index in [1.807, 2.05) is 18.2 Å². The summed E-state index contributed by atoms with van der Waals surface area (Å²) < 4.78 is 10.6. The highest BCUT2D eigenvalue weighted by Gasteiger charge is 2.17. The SMILES string of the molecule is COc1cc(OC)c2c(=O)[nH]c(-c3cccc(N4CCN(C)CC4)n3)nc2c1.Cl. The van der Waals surface area contributed by atoms with Crippen molar-refractivity contribution in [1.82, 2.24) is 19.9 Å². The van der Waals surface area contributed by atoms with Gasteiger partial charge in [0.1, 0.15) is 28.4 Å². The van der Waals surface area contributed by atoms with Gasteiger partial charge >= 0.3 is 0 Å². The molecule has 0 bridgehead atoms. The Morgan fingerprint density at radius 2 is 1.79 bits per heavy atom. The third kappa shape index (κ3) is 4.13. The highest BCUT2D eigenvalue weighted by Crippen LogP contribution is 2.28. The predicted octanol–water partition coefficient (Wildman–Crippen LogP) is 2.18. The van der Waals surface area contributed by atoms with Gasteiger partial charge in [-0.3, -0.25) is 4.79 Å².